The Balaban J connectivity index is 1.67. The summed E-state index contributed by atoms with van der Waals surface area (Å²) in [4.78, 5) is 14.4. The summed E-state index contributed by atoms with van der Waals surface area (Å²) in [6.07, 6.45) is 1.78. The van der Waals surface area contributed by atoms with Gasteiger partial charge in [-0.15, -0.1) is 0 Å². The van der Waals surface area contributed by atoms with Crippen LogP contribution in [0.2, 0.25) is 0 Å². The average Bonchev–Trinajstić information content (AvgIpc) is 3.18. The molecule has 0 spiro atoms. The van der Waals surface area contributed by atoms with E-state index in [1.54, 1.807) is 18.2 Å². The van der Waals surface area contributed by atoms with E-state index in [1.807, 2.05) is 42.3 Å². The van der Waals surface area contributed by atoms with Gasteiger partial charge in [-0.05, 0) is 43.2 Å². The smallest absolute Gasteiger partial charge is 0.243 e. The molecule has 0 aliphatic carbocycles. The third kappa shape index (κ3) is 4.23. The van der Waals surface area contributed by atoms with Crippen molar-refractivity contribution in [2.24, 2.45) is 0 Å². The van der Waals surface area contributed by atoms with Crippen molar-refractivity contribution in [2.75, 3.05) is 36.9 Å². The maximum atomic E-state index is 12.6. The van der Waals surface area contributed by atoms with E-state index >= 15 is 0 Å². The number of nitrogens with one attached hydrogen (secondary N) is 1. The number of benzene rings is 2. The number of carbonyl (C=O) groups excluding carboxylic acids is 1. The van der Waals surface area contributed by atoms with E-state index in [-0.39, 0.29) is 17.3 Å². The first-order chi connectivity index (χ1) is 12.5. The molecule has 2 aromatic carbocycles. The molecule has 0 saturated carbocycles. The maximum Gasteiger partial charge on any atom is 0.243 e. The van der Waals surface area contributed by atoms with E-state index in [2.05, 4.69) is 5.32 Å². The van der Waals surface area contributed by atoms with Gasteiger partial charge in [-0.2, -0.15) is 4.31 Å². The maximum absolute atomic E-state index is 12.6. The standard InChI is InChI=1S/C19H23N3O3S/c1-21(17-9-3-2-4-10-17)15-19(23)20-16-8-7-11-18(14-16)26(24,25)22-12-5-6-13-22/h2-4,7-11,14H,5-6,12-13,15H2,1H3,(H,20,23). The molecule has 2 aromatic rings. The first kappa shape index (κ1) is 18.4. The molecule has 1 amide bonds. The van der Waals surface area contributed by atoms with Crippen LogP contribution in [0, 0.1) is 0 Å². The lowest BCUT2D eigenvalue weighted by atomic mass is 10.3. The quantitative estimate of drug-likeness (QED) is 0.845. The lowest BCUT2D eigenvalue weighted by Gasteiger charge is -2.19. The van der Waals surface area contributed by atoms with Gasteiger partial charge >= 0.3 is 0 Å². The summed E-state index contributed by atoms with van der Waals surface area (Å²) in [7, 11) is -1.65. The molecule has 1 saturated heterocycles. The number of hydrogen-bond donors (Lipinski definition) is 1. The van der Waals surface area contributed by atoms with Gasteiger partial charge in [0.15, 0.2) is 0 Å². The van der Waals surface area contributed by atoms with E-state index in [1.165, 1.54) is 10.4 Å². The van der Waals surface area contributed by atoms with E-state index in [0.717, 1.165) is 18.5 Å². The van der Waals surface area contributed by atoms with Crippen LogP contribution in [0.5, 0.6) is 0 Å². The molecule has 3 rings (SSSR count). The first-order valence-corrected chi connectivity index (χ1v) is 10.1. The zero-order valence-corrected chi connectivity index (χ0v) is 15.6. The van der Waals surface area contributed by atoms with Crippen LogP contribution in [0.1, 0.15) is 12.8 Å². The number of carbonyl (C=O) groups is 1. The summed E-state index contributed by atoms with van der Waals surface area (Å²) in [5.74, 6) is -0.202. The molecule has 6 nitrogen and oxygen atoms in total. The lowest BCUT2D eigenvalue weighted by molar-refractivity contribution is -0.114. The summed E-state index contributed by atoms with van der Waals surface area (Å²) in [6, 6.07) is 16.0. The van der Waals surface area contributed by atoms with Crippen molar-refractivity contribution in [2.45, 2.75) is 17.7 Å². The second-order valence-corrected chi connectivity index (χ2v) is 8.32. The summed E-state index contributed by atoms with van der Waals surface area (Å²) in [5.41, 5.74) is 1.42. The molecule has 0 aromatic heterocycles. The van der Waals surface area contributed by atoms with Crippen molar-refractivity contribution in [3.05, 3.63) is 54.6 Å². The second kappa shape index (κ2) is 7.88. The van der Waals surface area contributed by atoms with Crippen LogP contribution in [0.3, 0.4) is 0 Å². The van der Waals surface area contributed by atoms with Gasteiger partial charge in [-0.25, -0.2) is 8.42 Å². The number of anilines is 2. The van der Waals surface area contributed by atoms with Crippen molar-refractivity contribution >= 4 is 27.3 Å². The lowest BCUT2D eigenvalue weighted by Crippen LogP contribution is -2.30. The van der Waals surface area contributed by atoms with Crippen molar-refractivity contribution in [1.29, 1.82) is 0 Å². The minimum Gasteiger partial charge on any atom is -0.365 e. The van der Waals surface area contributed by atoms with Crippen LogP contribution in [0.25, 0.3) is 0 Å². The van der Waals surface area contributed by atoms with Crippen LogP contribution in [0.15, 0.2) is 59.5 Å². The van der Waals surface area contributed by atoms with Gasteiger partial charge in [0.05, 0.1) is 11.4 Å². The van der Waals surface area contributed by atoms with Crippen molar-refractivity contribution in [3.8, 4) is 0 Å². The number of para-hydroxylation sites is 1. The second-order valence-electron chi connectivity index (χ2n) is 6.38. The fraction of sp³-hybridized carbons (Fsp3) is 0.316. The van der Waals surface area contributed by atoms with Crippen molar-refractivity contribution < 1.29 is 13.2 Å². The zero-order chi connectivity index (χ0) is 18.6. The number of amides is 1. The summed E-state index contributed by atoms with van der Waals surface area (Å²) in [6.45, 7) is 1.29. The predicted molar refractivity (Wildman–Crippen MR) is 103 cm³/mol. The van der Waals surface area contributed by atoms with E-state index < -0.39 is 10.0 Å². The highest BCUT2D eigenvalue weighted by molar-refractivity contribution is 7.89. The molecule has 0 atom stereocenters. The van der Waals surface area contributed by atoms with Gasteiger partial charge in [0.1, 0.15) is 0 Å². The molecule has 1 aliphatic heterocycles. The van der Waals surface area contributed by atoms with Crippen molar-refractivity contribution in [1.82, 2.24) is 4.31 Å². The minimum absolute atomic E-state index is 0.174. The third-order valence-corrected chi connectivity index (χ3v) is 6.29. The van der Waals surface area contributed by atoms with Gasteiger partial charge in [-0.3, -0.25) is 4.79 Å². The Labute approximate surface area is 154 Å². The third-order valence-electron chi connectivity index (χ3n) is 4.40. The number of rotatable bonds is 6. The Hall–Kier alpha value is -2.38. The van der Waals surface area contributed by atoms with E-state index in [4.69, 9.17) is 0 Å². The topological polar surface area (TPSA) is 69.7 Å². The average molecular weight is 373 g/mol. The van der Waals surface area contributed by atoms with Crippen molar-refractivity contribution in [3.63, 3.8) is 0 Å². The molecule has 0 radical (unpaired) electrons. The molecule has 1 heterocycles. The molecule has 138 valence electrons. The van der Waals surface area contributed by atoms with E-state index in [0.29, 0.717) is 18.8 Å². The molecule has 7 heteroatoms. The Morgan fingerprint density at radius 3 is 2.46 bits per heavy atom. The van der Waals surface area contributed by atoms with Crippen LogP contribution < -0.4 is 10.2 Å². The predicted octanol–water partition coefficient (Wildman–Crippen LogP) is 2.55. The van der Waals surface area contributed by atoms with Gasteiger partial charge in [-0.1, -0.05) is 24.3 Å². The number of nitrogens with zero attached hydrogens (tertiary/aromatic N) is 2. The molecule has 1 fully saturated rings. The normalized spacial score (nSPS) is 15.0. The fourth-order valence-corrected chi connectivity index (χ4v) is 4.57. The van der Waals surface area contributed by atoms with Crippen LogP contribution in [-0.2, 0) is 14.8 Å². The molecule has 0 unspecified atom stereocenters. The fourth-order valence-electron chi connectivity index (χ4n) is 3.00. The summed E-state index contributed by atoms with van der Waals surface area (Å²) < 4.78 is 26.8. The molecule has 0 bridgehead atoms. The first-order valence-electron chi connectivity index (χ1n) is 8.63. The highest BCUT2D eigenvalue weighted by Gasteiger charge is 2.27. The van der Waals surface area contributed by atoms with Crippen LogP contribution >= 0.6 is 0 Å². The van der Waals surface area contributed by atoms with Gasteiger partial charge in [0.2, 0.25) is 15.9 Å². The minimum atomic E-state index is -3.49. The Bertz CT molecular complexity index is 863. The van der Waals surface area contributed by atoms with Crippen LogP contribution in [0.4, 0.5) is 11.4 Å². The monoisotopic (exact) mass is 373 g/mol. The number of likely N-dealkylation sites (N-methyl/N-ethyl adjacent to an activating group) is 1. The Morgan fingerprint density at radius 2 is 1.77 bits per heavy atom. The highest BCUT2D eigenvalue weighted by atomic mass is 32.2. The van der Waals surface area contributed by atoms with Gasteiger partial charge in [0, 0.05) is 31.5 Å². The number of hydrogen-bond acceptors (Lipinski definition) is 4. The highest BCUT2D eigenvalue weighted by Crippen LogP contribution is 2.23. The molecular formula is C19H23N3O3S. The summed E-state index contributed by atoms with van der Waals surface area (Å²) >= 11 is 0. The zero-order valence-electron chi connectivity index (χ0n) is 14.8. The Kier molecular flexibility index (Phi) is 5.58. The van der Waals surface area contributed by atoms with E-state index in [9.17, 15) is 13.2 Å². The Morgan fingerprint density at radius 1 is 1.08 bits per heavy atom. The van der Waals surface area contributed by atoms with Crippen LogP contribution in [-0.4, -0.2) is 45.3 Å². The molecule has 26 heavy (non-hydrogen) atoms. The van der Waals surface area contributed by atoms with Gasteiger partial charge < -0.3 is 10.2 Å². The summed E-state index contributed by atoms with van der Waals surface area (Å²) in [5, 5.41) is 2.78. The largest absolute Gasteiger partial charge is 0.365 e. The molecule has 1 aliphatic rings. The molecular weight excluding hydrogens is 350 g/mol. The van der Waals surface area contributed by atoms with Gasteiger partial charge in [0.25, 0.3) is 0 Å². The molecule has 1 N–H and O–H groups in total. The number of sulfonamides is 1. The SMILES string of the molecule is CN(CC(=O)Nc1cccc(S(=O)(=O)N2CCCC2)c1)c1ccccc1.